The summed E-state index contributed by atoms with van der Waals surface area (Å²) in [7, 11) is 1.96. The predicted molar refractivity (Wildman–Crippen MR) is 82.3 cm³/mol. The van der Waals surface area contributed by atoms with Crippen LogP contribution in [0.25, 0.3) is 0 Å². The molecule has 2 unspecified atom stereocenters. The van der Waals surface area contributed by atoms with Gasteiger partial charge in [-0.2, -0.15) is 5.10 Å². The van der Waals surface area contributed by atoms with Crippen LogP contribution in [0.2, 0.25) is 5.02 Å². The number of rotatable bonds is 5. The fourth-order valence-electron chi connectivity index (χ4n) is 3.08. The van der Waals surface area contributed by atoms with E-state index in [2.05, 4.69) is 24.3 Å². The molecule has 1 saturated heterocycles. The molecule has 0 bridgehead atoms. The molecule has 0 amide bonds. The van der Waals surface area contributed by atoms with Gasteiger partial charge in [0.2, 0.25) is 0 Å². The molecule has 0 aliphatic carbocycles. The van der Waals surface area contributed by atoms with Gasteiger partial charge in [0.25, 0.3) is 0 Å². The molecule has 2 heterocycles. The Morgan fingerprint density at radius 3 is 2.75 bits per heavy atom. The van der Waals surface area contributed by atoms with Crippen LogP contribution >= 0.6 is 11.6 Å². The Morgan fingerprint density at radius 1 is 1.50 bits per heavy atom. The monoisotopic (exact) mass is 299 g/mol. The minimum Gasteiger partial charge on any atom is -0.374 e. The second-order valence-corrected chi connectivity index (χ2v) is 6.28. The molecule has 2 atom stereocenters. The zero-order chi connectivity index (χ0) is 14.8. The number of hydrogen-bond donors (Lipinski definition) is 1. The summed E-state index contributed by atoms with van der Waals surface area (Å²) in [5.74, 6) is 0. The number of aromatic nitrogens is 2. The van der Waals surface area contributed by atoms with Gasteiger partial charge >= 0.3 is 0 Å². The van der Waals surface area contributed by atoms with Gasteiger partial charge in [0, 0.05) is 26.1 Å². The highest BCUT2D eigenvalue weighted by molar-refractivity contribution is 6.31. The highest BCUT2D eigenvalue weighted by Gasteiger charge is 2.37. The smallest absolute Gasteiger partial charge is 0.0847 e. The van der Waals surface area contributed by atoms with E-state index in [4.69, 9.17) is 16.3 Å². The van der Waals surface area contributed by atoms with Crippen LogP contribution in [0.5, 0.6) is 0 Å². The molecule has 1 N–H and O–H groups in total. The van der Waals surface area contributed by atoms with E-state index < -0.39 is 0 Å². The zero-order valence-electron chi connectivity index (χ0n) is 13.0. The van der Waals surface area contributed by atoms with E-state index in [1.165, 1.54) is 12.8 Å². The number of nitrogens with one attached hydrogen (secondary N) is 1. The summed E-state index contributed by atoms with van der Waals surface area (Å²) in [6.07, 6.45) is 4.34. The molecule has 1 fully saturated rings. The molecule has 0 aromatic carbocycles. The number of halogens is 1. The Hall–Kier alpha value is -0.580. The van der Waals surface area contributed by atoms with Gasteiger partial charge in [-0.15, -0.1) is 0 Å². The van der Waals surface area contributed by atoms with Crippen molar-refractivity contribution in [2.45, 2.75) is 58.1 Å². The lowest BCUT2D eigenvalue weighted by molar-refractivity contribution is -0.0883. The van der Waals surface area contributed by atoms with E-state index >= 15 is 0 Å². The van der Waals surface area contributed by atoms with Crippen molar-refractivity contribution in [2.24, 2.45) is 7.05 Å². The first-order valence-electron chi connectivity index (χ1n) is 7.53. The number of hydrogen-bond acceptors (Lipinski definition) is 3. The van der Waals surface area contributed by atoms with Crippen LogP contribution in [-0.4, -0.2) is 34.6 Å². The van der Waals surface area contributed by atoms with Crippen LogP contribution < -0.4 is 5.32 Å². The summed E-state index contributed by atoms with van der Waals surface area (Å²) < 4.78 is 8.00. The Kier molecular flexibility index (Phi) is 5.10. The summed E-state index contributed by atoms with van der Waals surface area (Å²) in [5.41, 5.74) is 1.87. The summed E-state index contributed by atoms with van der Waals surface area (Å²) in [5, 5.41) is 8.77. The molecular formula is C15H26ClN3O. The van der Waals surface area contributed by atoms with Gasteiger partial charge in [-0.3, -0.25) is 4.68 Å². The average Bonchev–Trinajstić information content (AvgIpc) is 2.65. The highest BCUT2D eigenvalue weighted by atomic mass is 35.5. The maximum absolute atomic E-state index is 6.39. The van der Waals surface area contributed by atoms with E-state index in [0.717, 1.165) is 42.4 Å². The predicted octanol–water partition coefficient (Wildman–Crippen LogP) is 2.86. The average molecular weight is 300 g/mol. The second kappa shape index (κ2) is 6.46. The lowest BCUT2D eigenvalue weighted by Crippen LogP contribution is -2.53. The molecule has 1 aliphatic heterocycles. The molecular weight excluding hydrogens is 274 g/mol. The number of likely N-dealkylation sites (N-methyl/N-ethyl adjacent to an activating group) is 1. The van der Waals surface area contributed by atoms with Gasteiger partial charge in [0.1, 0.15) is 0 Å². The van der Waals surface area contributed by atoms with E-state index in [1.54, 1.807) is 0 Å². The van der Waals surface area contributed by atoms with E-state index in [1.807, 2.05) is 18.7 Å². The van der Waals surface area contributed by atoms with Crippen LogP contribution in [0.3, 0.4) is 0 Å². The Morgan fingerprint density at radius 2 is 2.25 bits per heavy atom. The third-order valence-electron chi connectivity index (χ3n) is 4.35. The standard InChI is InChI=1S/C15H26ClN3O/c1-5-17-13(15(3)8-6-7-9-20-15)10-12-14(16)11(2)18-19(12)4/h13,17H,5-10H2,1-4H3. The number of nitrogens with zero attached hydrogens (tertiary/aromatic N) is 2. The highest BCUT2D eigenvalue weighted by Crippen LogP contribution is 2.31. The molecule has 20 heavy (non-hydrogen) atoms. The number of ether oxygens (including phenoxy) is 1. The first kappa shape index (κ1) is 15.8. The number of aryl methyl sites for hydroxylation is 2. The van der Waals surface area contributed by atoms with Crippen LogP contribution in [0.4, 0.5) is 0 Å². The van der Waals surface area contributed by atoms with Crippen molar-refractivity contribution >= 4 is 11.6 Å². The van der Waals surface area contributed by atoms with Crippen LogP contribution in [0.1, 0.15) is 44.5 Å². The summed E-state index contributed by atoms with van der Waals surface area (Å²) in [6.45, 7) is 8.09. The second-order valence-electron chi connectivity index (χ2n) is 5.90. The van der Waals surface area contributed by atoms with Gasteiger partial charge in [0.15, 0.2) is 0 Å². The van der Waals surface area contributed by atoms with E-state index in [0.29, 0.717) is 0 Å². The molecule has 2 rings (SSSR count). The van der Waals surface area contributed by atoms with Crippen molar-refractivity contribution in [3.8, 4) is 0 Å². The molecule has 0 radical (unpaired) electrons. The molecule has 0 saturated carbocycles. The largest absolute Gasteiger partial charge is 0.374 e. The van der Waals surface area contributed by atoms with Gasteiger partial charge in [-0.1, -0.05) is 18.5 Å². The fraction of sp³-hybridized carbons (Fsp3) is 0.800. The van der Waals surface area contributed by atoms with Crippen LogP contribution in [-0.2, 0) is 18.2 Å². The lowest BCUT2D eigenvalue weighted by atomic mass is 9.85. The summed E-state index contributed by atoms with van der Waals surface area (Å²) >= 11 is 6.39. The molecule has 1 aliphatic rings. The van der Waals surface area contributed by atoms with E-state index in [-0.39, 0.29) is 11.6 Å². The minimum absolute atomic E-state index is 0.115. The molecule has 1 aromatic rings. The molecule has 4 nitrogen and oxygen atoms in total. The molecule has 5 heteroatoms. The van der Waals surface area contributed by atoms with Crippen molar-refractivity contribution in [3.63, 3.8) is 0 Å². The van der Waals surface area contributed by atoms with E-state index in [9.17, 15) is 0 Å². The zero-order valence-corrected chi connectivity index (χ0v) is 13.8. The molecule has 1 aromatic heterocycles. The summed E-state index contributed by atoms with van der Waals surface area (Å²) in [4.78, 5) is 0. The fourth-order valence-corrected chi connectivity index (χ4v) is 3.31. The molecule has 114 valence electrons. The first-order chi connectivity index (χ1) is 9.48. The van der Waals surface area contributed by atoms with Gasteiger partial charge in [-0.05, 0) is 39.7 Å². The van der Waals surface area contributed by atoms with Crippen molar-refractivity contribution < 1.29 is 4.74 Å². The van der Waals surface area contributed by atoms with Crippen molar-refractivity contribution in [3.05, 3.63) is 16.4 Å². The van der Waals surface area contributed by atoms with Crippen molar-refractivity contribution in [1.82, 2.24) is 15.1 Å². The SMILES string of the molecule is CCNC(Cc1c(Cl)c(C)nn1C)C1(C)CCCCO1. The Balaban J connectivity index is 2.20. The van der Waals surface area contributed by atoms with Crippen LogP contribution in [0.15, 0.2) is 0 Å². The Bertz CT molecular complexity index is 452. The van der Waals surface area contributed by atoms with Gasteiger partial charge < -0.3 is 10.1 Å². The van der Waals surface area contributed by atoms with Crippen molar-refractivity contribution in [2.75, 3.05) is 13.2 Å². The van der Waals surface area contributed by atoms with Crippen LogP contribution in [0, 0.1) is 6.92 Å². The maximum Gasteiger partial charge on any atom is 0.0847 e. The van der Waals surface area contributed by atoms with Gasteiger partial charge in [-0.25, -0.2) is 0 Å². The normalized spacial score (nSPS) is 24.9. The third kappa shape index (κ3) is 3.18. The lowest BCUT2D eigenvalue weighted by Gasteiger charge is -2.41. The van der Waals surface area contributed by atoms with Gasteiger partial charge in [0.05, 0.1) is 22.0 Å². The quantitative estimate of drug-likeness (QED) is 0.909. The third-order valence-corrected chi connectivity index (χ3v) is 4.84. The molecule has 0 spiro atoms. The first-order valence-corrected chi connectivity index (χ1v) is 7.91. The minimum atomic E-state index is -0.115. The van der Waals surface area contributed by atoms with Crippen molar-refractivity contribution in [1.29, 1.82) is 0 Å². The topological polar surface area (TPSA) is 39.1 Å². The summed E-state index contributed by atoms with van der Waals surface area (Å²) in [6, 6.07) is 0.264. The maximum atomic E-state index is 6.39. The Labute approximate surface area is 126 Å².